The summed E-state index contributed by atoms with van der Waals surface area (Å²) in [7, 11) is 4.69. The molecule has 1 N–H and O–H groups in total. The molecule has 0 aliphatic heterocycles. The van der Waals surface area contributed by atoms with Crippen molar-refractivity contribution < 1.29 is 23.4 Å². The molecule has 0 saturated carbocycles. The number of hydrogen-bond donors (Lipinski definition) is 1. The van der Waals surface area contributed by atoms with Gasteiger partial charge in [0.2, 0.25) is 11.7 Å². The number of ether oxygens (including phenoxy) is 3. The molecule has 174 valence electrons. The van der Waals surface area contributed by atoms with Gasteiger partial charge in [-0.3, -0.25) is 4.79 Å². The third-order valence-corrected chi connectivity index (χ3v) is 5.85. The van der Waals surface area contributed by atoms with Crippen LogP contribution in [-0.2, 0) is 4.79 Å². The molecule has 0 aromatic heterocycles. The highest BCUT2D eigenvalue weighted by atomic mass is 19.1. The molecule has 5 nitrogen and oxygen atoms in total. The summed E-state index contributed by atoms with van der Waals surface area (Å²) in [6.45, 7) is 1.95. The Hall–Kier alpha value is -4.06. The number of halogens is 1. The number of para-hydroxylation sites is 1. The van der Waals surface area contributed by atoms with Crippen LogP contribution in [0.4, 0.5) is 10.1 Å². The maximum Gasteiger partial charge on any atom is 0.228 e. The lowest BCUT2D eigenvalue weighted by molar-refractivity contribution is -0.115. The highest BCUT2D eigenvalue weighted by Gasteiger charge is 2.26. The van der Waals surface area contributed by atoms with Gasteiger partial charge in [0.15, 0.2) is 11.5 Å². The second-order valence-corrected chi connectivity index (χ2v) is 7.90. The van der Waals surface area contributed by atoms with Gasteiger partial charge in [0.05, 0.1) is 27.8 Å². The van der Waals surface area contributed by atoms with Gasteiger partial charge in [-0.15, -0.1) is 0 Å². The van der Waals surface area contributed by atoms with E-state index in [1.807, 2.05) is 55.5 Å². The second kappa shape index (κ2) is 9.83. The largest absolute Gasteiger partial charge is 0.493 e. The summed E-state index contributed by atoms with van der Waals surface area (Å²) < 4.78 is 30.6. The third kappa shape index (κ3) is 4.53. The van der Waals surface area contributed by atoms with Gasteiger partial charge < -0.3 is 19.5 Å². The minimum atomic E-state index is -0.346. The number of fused-ring (bicyclic) bond motifs is 1. The molecular weight excluding hydrogens is 433 g/mol. The lowest BCUT2D eigenvalue weighted by Crippen LogP contribution is -2.11. The van der Waals surface area contributed by atoms with Crippen molar-refractivity contribution in [2.45, 2.75) is 13.3 Å². The number of carbonyl (C=O) groups excluding carboxylic acids is 1. The zero-order valence-electron chi connectivity index (χ0n) is 19.6. The van der Waals surface area contributed by atoms with E-state index in [1.165, 1.54) is 12.1 Å². The van der Waals surface area contributed by atoms with Crippen molar-refractivity contribution in [2.24, 2.45) is 0 Å². The van der Waals surface area contributed by atoms with E-state index >= 15 is 0 Å². The summed E-state index contributed by atoms with van der Waals surface area (Å²) in [5.41, 5.74) is 5.76. The van der Waals surface area contributed by atoms with Gasteiger partial charge in [-0.05, 0) is 82.8 Å². The number of amides is 1. The SMILES string of the molecule is COc1cc(C=C2C(C)=C(CC(=O)Nc3ccccc3)c3cc(F)ccc32)cc(OC)c1OC. The molecule has 0 saturated heterocycles. The van der Waals surface area contributed by atoms with Crippen LogP contribution in [0, 0.1) is 5.82 Å². The average Bonchev–Trinajstić information content (AvgIpc) is 3.09. The van der Waals surface area contributed by atoms with Gasteiger partial charge in [-0.1, -0.05) is 24.3 Å². The lowest BCUT2D eigenvalue weighted by Gasteiger charge is -2.13. The van der Waals surface area contributed by atoms with Crippen LogP contribution in [0.1, 0.15) is 30.0 Å². The number of nitrogens with one attached hydrogen (secondary N) is 1. The predicted octanol–water partition coefficient (Wildman–Crippen LogP) is 6.21. The maximum absolute atomic E-state index is 14.2. The van der Waals surface area contributed by atoms with E-state index in [0.717, 1.165) is 39.1 Å². The molecule has 34 heavy (non-hydrogen) atoms. The number of allylic oxidation sites excluding steroid dienone is 2. The minimum absolute atomic E-state index is 0.129. The van der Waals surface area contributed by atoms with Crippen LogP contribution in [0.5, 0.6) is 17.2 Å². The zero-order valence-corrected chi connectivity index (χ0v) is 19.6. The summed E-state index contributed by atoms with van der Waals surface area (Å²) >= 11 is 0. The highest BCUT2D eigenvalue weighted by Crippen LogP contribution is 2.45. The Morgan fingerprint density at radius 2 is 1.59 bits per heavy atom. The Labute approximate surface area is 198 Å². The second-order valence-electron chi connectivity index (χ2n) is 7.90. The van der Waals surface area contributed by atoms with Crippen molar-refractivity contribution in [3.05, 3.63) is 88.7 Å². The van der Waals surface area contributed by atoms with Crippen LogP contribution >= 0.6 is 0 Å². The number of rotatable bonds is 7. The van der Waals surface area contributed by atoms with Crippen molar-refractivity contribution in [3.8, 4) is 17.2 Å². The number of carbonyl (C=O) groups is 1. The van der Waals surface area contributed by atoms with Crippen LogP contribution in [0.15, 0.2) is 66.2 Å². The van der Waals surface area contributed by atoms with E-state index in [1.54, 1.807) is 27.4 Å². The molecule has 0 fully saturated rings. The number of anilines is 1. The molecule has 1 aliphatic carbocycles. The third-order valence-electron chi connectivity index (χ3n) is 5.85. The van der Waals surface area contributed by atoms with Crippen molar-refractivity contribution in [1.82, 2.24) is 0 Å². The summed E-state index contributed by atoms with van der Waals surface area (Å²) in [6.07, 6.45) is 2.11. The average molecular weight is 460 g/mol. The highest BCUT2D eigenvalue weighted by molar-refractivity contribution is 6.10. The van der Waals surface area contributed by atoms with Crippen LogP contribution in [-0.4, -0.2) is 27.2 Å². The zero-order chi connectivity index (χ0) is 24.2. The van der Waals surface area contributed by atoms with E-state index in [0.29, 0.717) is 17.2 Å². The molecule has 0 radical (unpaired) electrons. The fraction of sp³-hybridized carbons (Fsp3) is 0.179. The molecule has 3 aromatic carbocycles. The fourth-order valence-electron chi connectivity index (χ4n) is 4.22. The smallest absolute Gasteiger partial charge is 0.228 e. The first-order valence-corrected chi connectivity index (χ1v) is 10.8. The van der Waals surface area contributed by atoms with Crippen LogP contribution in [0.2, 0.25) is 0 Å². The topological polar surface area (TPSA) is 56.8 Å². The lowest BCUT2D eigenvalue weighted by atomic mass is 10.00. The summed E-state index contributed by atoms with van der Waals surface area (Å²) in [4.78, 5) is 12.8. The van der Waals surface area contributed by atoms with Gasteiger partial charge in [-0.2, -0.15) is 0 Å². The number of methoxy groups -OCH3 is 3. The Kier molecular flexibility index (Phi) is 6.68. The van der Waals surface area contributed by atoms with Gasteiger partial charge in [-0.25, -0.2) is 4.39 Å². The van der Waals surface area contributed by atoms with Gasteiger partial charge >= 0.3 is 0 Å². The Morgan fingerprint density at radius 1 is 0.912 bits per heavy atom. The van der Waals surface area contributed by atoms with E-state index in [2.05, 4.69) is 5.32 Å². The van der Waals surface area contributed by atoms with Crippen molar-refractivity contribution in [3.63, 3.8) is 0 Å². The molecule has 0 heterocycles. The molecule has 3 aromatic rings. The molecule has 0 spiro atoms. The number of hydrogen-bond acceptors (Lipinski definition) is 4. The fourth-order valence-corrected chi connectivity index (χ4v) is 4.22. The quantitative estimate of drug-likeness (QED) is 0.457. The van der Waals surface area contributed by atoms with Crippen molar-refractivity contribution in [1.29, 1.82) is 0 Å². The summed E-state index contributed by atoms with van der Waals surface area (Å²) in [5.74, 6) is 1.07. The molecular formula is C28H26FNO4. The molecule has 4 rings (SSSR count). The molecule has 0 unspecified atom stereocenters. The number of benzene rings is 3. The molecule has 6 heteroatoms. The van der Waals surface area contributed by atoms with Crippen LogP contribution in [0.3, 0.4) is 0 Å². The molecule has 0 atom stereocenters. The predicted molar refractivity (Wildman–Crippen MR) is 133 cm³/mol. The van der Waals surface area contributed by atoms with Gasteiger partial charge in [0.1, 0.15) is 5.82 Å². The Balaban J connectivity index is 1.75. The summed E-state index contributed by atoms with van der Waals surface area (Å²) in [5, 5.41) is 2.91. The van der Waals surface area contributed by atoms with Crippen LogP contribution in [0.25, 0.3) is 17.2 Å². The van der Waals surface area contributed by atoms with E-state index in [9.17, 15) is 9.18 Å². The summed E-state index contributed by atoms with van der Waals surface area (Å²) in [6, 6.07) is 17.6. The van der Waals surface area contributed by atoms with E-state index in [4.69, 9.17) is 14.2 Å². The first-order chi connectivity index (χ1) is 16.4. The van der Waals surface area contributed by atoms with Gasteiger partial charge in [0.25, 0.3) is 0 Å². The molecule has 0 bridgehead atoms. The first kappa shape index (κ1) is 23.1. The van der Waals surface area contributed by atoms with E-state index < -0.39 is 0 Å². The first-order valence-electron chi connectivity index (χ1n) is 10.8. The Bertz CT molecular complexity index is 1270. The molecule has 1 amide bonds. The Morgan fingerprint density at radius 3 is 2.21 bits per heavy atom. The standard InChI is InChI=1S/C28H26FNO4/c1-17-22(12-18-13-25(32-2)28(34-4)26(14-18)33-3)21-11-10-19(29)15-24(21)23(17)16-27(31)30-20-8-6-5-7-9-20/h5-15H,16H2,1-4H3,(H,30,31). The minimum Gasteiger partial charge on any atom is -0.493 e. The van der Waals surface area contributed by atoms with Crippen LogP contribution < -0.4 is 19.5 Å². The maximum atomic E-state index is 14.2. The van der Waals surface area contributed by atoms with E-state index in [-0.39, 0.29) is 18.1 Å². The van der Waals surface area contributed by atoms with Crippen molar-refractivity contribution >= 4 is 28.8 Å². The van der Waals surface area contributed by atoms with Gasteiger partial charge in [0, 0.05) is 5.69 Å². The molecule has 1 aliphatic rings. The van der Waals surface area contributed by atoms with Crippen molar-refractivity contribution in [2.75, 3.05) is 26.6 Å². The normalized spacial score (nSPS) is 13.6. The monoisotopic (exact) mass is 459 g/mol.